The van der Waals surface area contributed by atoms with Crippen LogP contribution in [0.5, 0.6) is 0 Å². The number of thioether (sulfide) groups is 1. The monoisotopic (exact) mass is 362 g/mol. The predicted molar refractivity (Wildman–Crippen MR) is 65.7 cm³/mol. The Kier molecular flexibility index (Phi) is 3.73. The fourth-order valence-electron chi connectivity index (χ4n) is 3.21. The Morgan fingerprint density at radius 1 is 1.13 bits per heavy atom. The van der Waals surface area contributed by atoms with Crippen LogP contribution in [-0.4, -0.2) is 29.7 Å². The number of ether oxygens (including phenoxy) is 1. The molecule has 1 fully saturated rings. The largest absolute Gasteiger partial charge is 0.483 e. The smallest absolute Gasteiger partial charge is 0.450 e. The number of carbonyl (C=O) groups excluding carboxylic acids is 1. The van der Waals surface area contributed by atoms with Gasteiger partial charge in [-0.1, -0.05) is 12.2 Å². The van der Waals surface area contributed by atoms with Gasteiger partial charge in [-0.05, 0) is 24.1 Å². The van der Waals surface area contributed by atoms with E-state index < -0.39 is 69.9 Å². The van der Waals surface area contributed by atoms with Crippen LogP contribution in [0.25, 0.3) is 0 Å². The van der Waals surface area contributed by atoms with E-state index in [0.29, 0.717) is 6.42 Å². The number of allylic oxidation sites excluding steroid dienone is 3. The molecule has 0 aromatic rings. The normalized spacial score (nSPS) is 33.5. The second-order valence-corrected chi connectivity index (χ2v) is 6.70. The molecule has 0 saturated heterocycles. The van der Waals surface area contributed by atoms with E-state index in [0.717, 1.165) is 0 Å². The number of Topliss-reactive ketones (excluding diaryl/α,β-unsaturated/α-hetero) is 1. The summed E-state index contributed by atoms with van der Waals surface area (Å²) in [4.78, 5) is 10.8. The molecule has 128 valence electrons. The Morgan fingerprint density at radius 3 is 2.30 bits per heavy atom. The van der Waals surface area contributed by atoms with Crippen LogP contribution >= 0.6 is 11.8 Å². The first-order valence-corrected chi connectivity index (χ1v) is 7.39. The Bertz CT molecular complexity index is 596. The molecular formula is C13H9F7O2S. The molecule has 3 rings (SSSR count). The van der Waals surface area contributed by atoms with Crippen LogP contribution in [0.4, 0.5) is 30.7 Å². The van der Waals surface area contributed by atoms with Crippen LogP contribution < -0.4 is 0 Å². The van der Waals surface area contributed by atoms with Crippen LogP contribution in [-0.2, 0) is 9.53 Å². The highest BCUT2D eigenvalue weighted by Gasteiger charge is 2.59. The molecule has 0 unspecified atom stereocenters. The van der Waals surface area contributed by atoms with Crippen molar-refractivity contribution in [3.8, 4) is 0 Å². The van der Waals surface area contributed by atoms with E-state index in [1.807, 2.05) is 0 Å². The molecule has 2 aliphatic carbocycles. The SMILES string of the molecule is O=C1C(SC(F)(F)C(F)F)=C(C(F)(F)F)O[C@H]2[C@H]1[C@H]1C=C[C@@H]2C1. The van der Waals surface area contributed by atoms with E-state index >= 15 is 0 Å². The highest BCUT2D eigenvalue weighted by Crippen LogP contribution is 2.55. The second kappa shape index (κ2) is 5.15. The average molecular weight is 362 g/mol. The van der Waals surface area contributed by atoms with E-state index in [-0.39, 0.29) is 0 Å². The lowest BCUT2D eigenvalue weighted by molar-refractivity contribution is -0.158. The Labute approximate surface area is 129 Å². The maximum absolute atomic E-state index is 13.2. The van der Waals surface area contributed by atoms with E-state index in [9.17, 15) is 35.5 Å². The van der Waals surface area contributed by atoms with Gasteiger partial charge in [-0.3, -0.25) is 4.79 Å². The molecule has 0 amide bonds. The molecule has 23 heavy (non-hydrogen) atoms. The first-order chi connectivity index (χ1) is 10.5. The van der Waals surface area contributed by atoms with Crippen molar-refractivity contribution in [1.82, 2.24) is 0 Å². The van der Waals surface area contributed by atoms with Gasteiger partial charge in [-0.2, -0.15) is 22.0 Å². The highest BCUT2D eigenvalue weighted by atomic mass is 32.2. The summed E-state index contributed by atoms with van der Waals surface area (Å²) in [6, 6.07) is 0. The van der Waals surface area contributed by atoms with Gasteiger partial charge in [0.05, 0.1) is 5.92 Å². The third kappa shape index (κ3) is 2.64. The first-order valence-electron chi connectivity index (χ1n) is 6.58. The summed E-state index contributed by atoms with van der Waals surface area (Å²) in [5.74, 6) is -4.95. The number of carbonyl (C=O) groups is 1. The molecule has 0 aromatic carbocycles. The van der Waals surface area contributed by atoms with Gasteiger partial charge in [0.25, 0.3) is 0 Å². The van der Waals surface area contributed by atoms with E-state index in [2.05, 4.69) is 0 Å². The average Bonchev–Trinajstić information content (AvgIpc) is 3.01. The minimum absolute atomic E-state index is 0.384. The number of halogens is 7. The summed E-state index contributed by atoms with van der Waals surface area (Å²) < 4.78 is 94.9. The molecule has 0 aromatic heterocycles. The van der Waals surface area contributed by atoms with Gasteiger partial charge in [0.1, 0.15) is 11.0 Å². The van der Waals surface area contributed by atoms with Crippen LogP contribution in [0.3, 0.4) is 0 Å². The van der Waals surface area contributed by atoms with Gasteiger partial charge in [0.2, 0.25) is 5.76 Å². The second-order valence-electron chi connectivity index (χ2n) is 5.54. The minimum Gasteiger partial charge on any atom is -0.483 e. The number of rotatable bonds is 3. The number of alkyl halides is 7. The molecule has 4 atom stereocenters. The van der Waals surface area contributed by atoms with E-state index in [1.165, 1.54) is 0 Å². The zero-order valence-electron chi connectivity index (χ0n) is 11.1. The molecular weight excluding hydrogens is 353 g/mol. The summed E-state index contributed by atoms with van der Waals surface area (Å²) >= 11 is -1.07. The maximum Gasteiger partial charge on any atom is 0.450 e. The Hall–Kier alpha value is -1.19. The number of fused-ring (bicyclic) bond motifs is 5. The van der Waals surface area contributed by atoms with Gasteiger partial charge in [0.15, 0.2) is 5.78 Å². The predicted octanol–water partition coefficient (Wildman–Crippen LogP) is 4.14. The first kappa shape index (κ1) is 16.7. The van der Waals surface area contributed by atoms with Crippen molar-refractivity contribution < 1.29 is 40.3 Å². The molecule has 1 aliphatic heterocycles. The molecule has 0 spiro atoms. The third-order valence-electron chi connectivity index (χ3n) is 4.12. The van der Waals surface area contributed by atoms with Gasteiger partial charge < -0.3 is 4.74 Å². The standard InChI is InChI=1S/C13H9F7O2S/c14-11(15)13(19,20)23-9-7(21)6-4-1-2-5(3-4)8(6)22-10(9)12(16,17)18/h1-2,4-6,8,11H,3H2/t4-,5+,6-,8+/m0/s1. The van der Waals surface area contributed by atoms with Gasteiger partial charge in [-0.25, -0.2) is 8.78 Å². The van der Waals surface area contributed by atoms with Crippen molar-refractivity contribution in [2.24, 2.45) is 17.8 Å². The molecule has 3 aliphatic rings. The molecule has 2 nitrogen and oxygen atoms in total. The quantitative estimate of drug-likeness (QED) is 0.558. The molecule has 0 radical (unpaired) electrons. The summed E-state index contributed by atoms with van der Waals surface area (Å²) in [7, 11) is 0. The molecule has 1 saturated carbocycles. The minimum atomic E-state index is -5.22. The lowest BCUT2D eigenvalue weighted by atomic mass is 9.85. The van der Waals surface area contributed by atoms with Crippen LogP contribution in [0, 0.1) is 17.8 Å². The zero-order valence-corrected chi connectivity index (χ0v) is 11.9. The van der Waals surface area contributed by atoms with Gasteiger partial charge in [-0.15, -0.1) is 0 Å². The van der Waals surface area contributed by atoms with Crippen LogP contribution in [0.1, 0.15) is 6.42 Å². The van der Waals surface area contributed by atoms with Gasteiger partial charge in [0, 0.05) is 5.92 Å². The van der Waals surface area contributed by atoms with Crippen molar-refractivity contribution in [3.63, 3.8) is 0 Å². The highest BCUT2D eigenvalue weighted by molar-refractivity contribution is 8.05. The van der Waals surface area contributed by atoms with Crippen molar-refractivity contribution in [2.75, 3.05) is 0 Å². The third-order valence-corrected chi connectivity index (χ3v) is 5.16. The zero-order chi connectivity index (χ0) is 17.2. The van der Waals surface area contributed by atoms with Crippen LogP contribution in [0.15, 0.2) is 22.8 Å². The van der Waals surface area contributed by atoms with E-state index in [4.69, 9.17) is 4.74 Å². The van der Waals surface area contributed by atoms with Crippen molar-refractivity contribution >= 4 is 17.5 Å². The van der Waals surface area contributed by atoms with E-state index in [1.54, 1.807) is 12.2 Å². The lowest BCUT2D eigenvalue weighted by Gasteiger charge is -2.35. The molecule has 1 heterocycles. The van der Waals surface area contributed by atoms with Crippen LogP contribution in [0.2, 0.25) is 0 Å². The fourth-order valence-corrected chi connectivity index (χ4v) is 4.06. The topological polar surface area (TPSA) is 26.3 Å². The molecule has 0 N–H and O–H groups in total. The lowest BCUT2D eigenvalue weighted by Crippen LogP contribution is -2.42. The Morgan fingerprint density at radius 2 is 1.74 bits per heavy atom. The van der Waals surface area contributed by atoms with Crippen molar-refractivity contribution in [3.05, 3.63) is 22.8 Å². The summed E-state index contributed by atoms with van der Waals surface area (Å²) in [6.45, 7) is 0. The molecule has 10 heteroatoms. The number of hydrogen-bond donors (Lipinski definition) is 0. The summed E-state index contributed by atoms with van der Waals surface area (Å²) in [6.07, 6.45) is -6.88. The number of ketones is 1. The number of hydrogen-bond acceptors (Lipinski definition) is 3. The Balaban J connectivity index is 2.01. The fraction of sp³-hybridized carbons (Fsp3) is 0.615. The molecule has 2 bridgehead atoms. The maximum atomic E-state index is 13.2. The summed E-state index contributed by atoms with van der Waals surface area (Å²) in [5.41, 5.74) is 0. The van der Waals surface area contributed by atoms with Gasteiger partial charge >= 0.3 is 17.9 Å². The van der Waals surface area contributed by atoms with Crippen molar-refractivity contribution in [2.45, 2.75) is 30.4 Å². The van der Waals surface area contributed by atoms with Crippen molar-refractivity contribution in [1.29, 1.82) is 0 Å². The summed E-state index contributed by atoms with van der Waals surface area (Å²) in [5, 5.41) is -4.81.